The summed E-state index contributed by atoms with van der Waals surface area (Å²) in [6.45, 7) is 4.74. The van der Waals surface area contributed by atoms with Crippen LogP contribution in [0.2, 0.25) is 0 Å². The van der Waals surface area contributed by atoms with Gasteiger partial charge >= 0.3 is 0 Å². The summed E-state index contributed by atoms with van der Waals surface area (Å²) < 4.78 is 12.5. The van der Waals surface area contributed by atoms with Crippen molar-refractivity contribution in [1.29, 1.82) is 0 Å². The minimum atomic E-state index is -0.515. The highest BCUT2D eigenvalue weighted by atomic mass is 32.1. The van der Waals surface area contributed by atoms with E-state index in [1.54, 1.807) is 0 Å². The largest absolute Gasteiger partial charge is 0.493 e. The second-order valence-corrected chi connectivity index (χ2v) is 10.8. The first-order valence-corrected chi connectivity index (χ1v) is 12.3. The van der Waals surface area contributed by atoms with Crippen LogP contribution in [0.5, 0.6) is 11.5 Å². The van der Waals surface area contributed by atoms with E-state index in [2.05, 4.69) is 28.5 Å². The Morgan fingerprint density at radius 3 is 2.91 bits per heavy atom. The monoisotopic (exact) mass is 464 g/mol. The fraction of sp³-hybridized carbons (Fsp3) is 0.440. The molecule has 2 fully saturated rings. The van der Waals surface area contributed by atoms with E-state index in [1.165, 1.54) is 17.8 Å². The zero-order chi connectivity index (χ0) is 22.7. The maximum Gasteiger partial charge on any atom is 0.260 e. The first-order chi connectivity index (χ1) is 15.9. The van der Waals surface area contributed by atoms with Crippen LogP contribution < -0.4 is 26.3 Å². The van der Waals surface area contributed by atoms with Gasteiger partial charge in [0, 0.05) is 36.2 Å². The van der Waals surface area contributed by atoms with Crippen LogP contribution >= 0.6 is 11.3 Å². The summed E-state index contributed by atoms with van der Waals surface area (Å²) in [5.41, 5.74) is 15.9. The lowest BCUT2D eigenvalue weighted by atomic mass is 9.80. The van der Waals surface area contributed by atoms with E-state index >= 15 is 0 Å². The number of fused-ring (bicyclic) bond motifs is 2. The number of thiophene rings is 1. The highest BCUT2D eigenvalue weighted by Crippen LogP contribution is 2.44. The van der Waals surface area contributed by atoms with Crippen molar-refractivity contribution >= 4 is 33.1 Å². The van der Waals surface area contributed by atoms with Gasteiger partial charge in [0.15, 0.2) is 0 Å². The Bertz CT molecular complexity index is 1270. The smallest absolute Gasteiger partial charge is 0.260 e. The third kappa shape index (κ3) is 3.52. The number of nitrogens with two attached hydrogens (primary N) is 2. The third-order valence-corrected chi connectivity index (χ3v) is 8.54. The van der Waals surface area contributed by atoms with Gasteiger partial charge in [-0.2, -0.15) is 0 Å². The Labute approximate surface area is 196 Å². The standard InChI is InChI=1S/C25H28N4O3S/c1-13-6-18(20-21(26)22(23(27)30)33-24(20)29-13)15-7-14-2-3-16(8-19(14)31-10-15)32-17-4-5-25(9-17)11-28-12-25/h2-3,6,8,15,17,28H,4-5,7,9-12,26H2,1H3,(H2,27,30)/t15-,17+/m0/s1. The number of benzene rings is 1. The van der Waals surface area contributed by atoms with Crippen LogP contribution in [0, 0.1) is 12.3 Å². The molecule has 1 amide bonds. The van der Waals surface area contributed by atoms with E-state index in [0.717, 1.165) is 70.9 Å². The molecule has 2 aliphatic heterocycles. The number of hydrogen-bond acceptors (Lipinski definition) is 7. The molecule has 4 heterocycles. The van der Waals surface area contributed by atoms with Crippen molar-refractivity contribution in [2.24, 2.45) is 11.1 Å². The number of pyridine rings is 1. The van der Waals surface area contributed by atoms with E-state index in [1.807, 2.05) is 13.0 Å². The molecular formula is C25H28N4O3S. The van der Waals surface area contributed by atoms with Crippen LogP contribution in [0.25, 0.3) is 10.2 Å². The van der Waals surface area contributed by atoms with Crippen LogP contribution in [0.1, 0.15) is 51.7 Å². The number of nitrogens with one attached hydrogen (secondary N) is 1. The quantitative estimate of drug-likeness (QED) is 0.545. The van der Waals surface area contributed by atoms with E-state index < -0.39 is 5.91 Å². The number of anilines is 1. The van der Waals surface area contributed by atoms with Gasteiger partial charge in [0.25, 0.3) is 5.91 Å². The summed E-state index contributed by atoms with van der Waals surface area (Å²) in [4.78, 5) is 17.5. The van der Waals surface area contributed by atoms with Crippen molar-refractivity contribution in [2.45, 2.75) is 44.6 Å². The number of hydrogen-bond donors (Lipinski definition) is 3. The zero-order valence-corrected chi connectivity index (χ0v) is 19.5. The van der Waals surface area contributed by atoms with Crippen molar-refractivity contribution in [1.82, 2.24) is 10.3 Å². The van der Waals surface area contributed by atoms with E-state index in [0.29, 0.717) is 22.6 Å². The lowest BCUT2D eigenvalue weighted by molar-refractivity contribution is 0.100. The maximum atomic E-state index is 11.8. The third-order valence-electron chi connectivity index (χ3n) is 7.43. The molecule has 1 aliphatic carbocycles. The molecule has 8 heteroatoms. The van der Waals surface area contributed by atoms with Crippen LogP contribution in [-0.2, 0) is 6.42 Å². The lowest BCUT2D eigenvalue weighted by Crippen LogP contribution is -2.52. The van der Waals surface area contributed by atoms with Crippen LogP contribution in [0.15, 0.2) is 24.3 Å². The lowest BCUT2D eigenvalue weighted by Gasteiger charge is -2.39. The number of aryl methyl sites for hydroxylation is 1. The molecule has 0 unspecified atom stereocenters. The van der Waals surface area contributed by atoms with Gasteiger partial charge in [0.05, 0.1) is 18.4 Å². The van der Waals surface area contributed by atoms with E-state index in [9.17, 15) is 4.79 Å². The second-order valence-electron chi connectivity index (χ2n) is 9.81. The average molecular weight is 465 g/mol. The van der Waals surface area contributed by atoms with Crippen molar-refractivity contribution in [3.05, 3.63) is 46.0 Å². The molecule has 0 bridgehead atoms. The zero-order valence-electron chi connectivity index (χ0n) is 18.6. The molecular weight excluding hydrogens is 436 g/mol. The van der Waals surface area contributed by atoms with Gasteiger partial charge < -0.3 is 26.3 Å². The molecule has 33 heavy (non-hydrogen) atoms. The number of ether oxygens (including phenoxy) is 2. The molecule has 1 saturated carbocycles. The summed E-state index contributed by atoms with van der Waals surface area (Å²) in [5, 5.41) is 4.23. The van der Waals surface area contributed by atoms with Crippen LogP contribution in [0.3, 0.4) is 0 Å². The summed E-state index contributed by atoms with van der Waals surface area (Å²) >= 11 is 1.26. The number of rotatable bonds is 4. The summed E-state index contributed by atoms with van der Waals surface area (Å²) in [7, 11) is 0. The number of nitrogens with zero attached hydrogens (tertiary/aromatic N) is 1. The van der Waals surface area contributed by atoms with Crippen molar-refractivity contribution in [3.8, 4) is 11.5 Å². The van der Waals surface area contributed by atoms with Gasteiger partial charge in [-0.3, -0.25) is 4.79 Å². The number of carbonyl (C=O) groups excluding carboxylic acids is 1. The minimum absolute atomic E-state index is 0.118. The predicted octanol–water partition coefficient (Wildman–Crippen LogP) is 3.53. The SMILES string of the molecule is Cc1cc([C@@H]2COc3cc(O[C@@H]4CCC5(CNC5)C4)ccc3C2)c2c(N)c(C(N)=O)sc2n1. The Kier molecular flexibility index (Phi) is 4.78. The Morgan fingerprint density at radius 1 is 1.33 bits per heavy atom. The second kappa shape index (κ2) is 7.60. The van der Waals surface area contributed by atoms with Crippen LogP contribution in [0.4, 0.5) is 5.69 Å². The molecule has 1 aromatic carbocycles. The molecule has 7 nitrogen and oxygen atoms in total. The fourth-order valence-electron chi connectivity index (χ4n) is 5.66. The molecule has 3 aliphatic rings. The Hall–Kier alpha value is -2.84. The van der Waals surface area contributed by atoms with Gasteiger partial charge in [-0.25, -0.2) is 4.98 Å². The first-order valence-electron chi connectivity index (χ1n) is 11.5. The molecule has 6 rings (SSSR count). The molecule has 3 aromatic rings. The Balaban J connectivity index is 1.24. The average Bonchev–Trinajstić information content (AvgIpc) is 3.34. The van der Waals surface area contributed by atoms with E-state index in [-0.39, 0.29) is 12.0 Å². The number of primary amides is 1. The molecule has 1 spiro atoms. The van der Waals surface area contributed by atoms with Gasteiger partial charge in [-0.15, -0.1) is 11.3 Å². The molecule has 5 N–H and O–H groups in total. The highest BCUT2D eigenvalue weighted by molar-refractivity contribution is 7.21. The van der Waals surface area contributed by atoms with Gasteiger partial charge in [0.1, 0.15) is 21.2 Å². The Morgan fingerprint density at radius 2 is 2.18 bits per heavy atom. The molecule has 2 atom stereocenters. The van der Waals surface area contributed by atoms with Gasteiger partial charge in [0.2, 0.25) is 0 Å². The highest BCUT2D eigenvalue weighted by Gasteiger charge is 2.44. The predicted molar refractivity (Wildman–Crippen MR) is 129 cm³/mol. The summed E-state index contributed by atoms with van der Waals surface area (Å²) in [6, 6.07) is 8.26. The summed E-state index contributed by atoms with van der Waals surface area (Å²) in [5.74, 6) is 1.38. The number of aromatic nitrogens is 1. The van der Waals surface area contributed by atoms with Crippen molar-refractivity contribution in [2.75, 3.05) is 25.4 Å². The first kappa shape index (κ1) is 20.7. The van der Waals surface area contributed by atoms with Gasteiger partial charge in [-0.1, -0.05) is 6.07 Å². The minimum Gasteiger partial charge on any atom is -0.493 e. The van der Waals surface area contributed by atoms with E-state index in [4.69, 9.17) is 20.9 Å². The van der Waals surface area contributed by atoms with Crippen molar-refractivity contribution in [3.63, 3.8) is 0 Å². The van der Waals surface area contributed by atoms with Gasteiger partial charge in [-0.05, 0) is 61.3 Å². The van der Waals surface area contributed by atoms with Crippen molar-refractivity contribution < 1.29 is 14.3 Å². The summed E-state index contributed by atoms with van der Waals surface area (Å²) in [6.07, 6.45) is 4.61. The van der Waals surface area contributed by atoms with Crippen LogP contribution in [-0.4, -0.2) is 36.7 Å². The fourth-order valence-corrected chi connectivity index (χ4v) is 6.68. The maximum absolute atomic E-state index is 11.8. The number of nitrogen functional groups attached to an aromatic ring is 1. The normalized spacial score (nSPS) is 23.2. The molecule has 1 saturated heterocycles. The number of amides is 1. The molecule has 0 radical (unpaired) electrons. The molecule has 2 aromatic heterocycles. The topological polar surface area (TPSA) is 112 Å². The molecule has 172 valence electrons. The number of carbonyl (C=O) groups is 1.